The normalized spacial score (nSPS) is 11.1. The Balaban J connectivity index is 1.43. The first-order valence-electron chi connectivity index (χ1n) is 9.34. The highest BCUT2D eigenvalue weighted by Gasteiger charge is 2.15. The quantitative estimate of drug-likeness (QED) is 0.409. The van der Waals surface area contributed by atoms with E-state index in [0.29, 0.717) is 17.7 Å². The maximum Gasteiger partial charge on any atom is 0.191 e. The first kappa shape index (κ1) is 19.3. The van der Waals surface area contributed by atoms with Gasteiger partial charge in [0.2, 0.25) is 0 Å². The topological polar surface area (TPSA) is 69.6 Å². The summed E-state index contributed by atoms with van der Waals surface area (Å²) in [4.78, 5) is 4.05. The average Bonchev–Trinajstić information content (AvgIpc) is 3.37. The monoisotopic (exact) mass is 409 g/mol. The molecule has 3 heterocycles. The van der Waals surface area contributed by atoms with Crippen molar-refractivity contribution in [2.24, 2.45) is 0 Å². The van der Waals surface area contributed by atoms with E-state index in [1.807, 2.05) is 19.1 Å². The minimum atomic E-state index is -0.313. The van der Waals surface area contributed by atoms with Crippen molar-refractivity contribution < 1.29 is 8.91 Å². The van der Waals surface area contributed by atoms with Gasteiger partial charge in [-0.05, 0) is 38.1 Å². The molecule has 0 unspecified atom stereocenters. The summed E-state index contributed by atoms with van der Waals surface area (Å²) in [5, 5.41) is 13.6. The lowest BCUT2D eigenvalue weighted by molar-refractivity contribution is 0.422. The molecule has 29 heavy (non-hydrogen) atoms. The molecule has 0 N–H and O–H groups in total. The number of benzene rings is 1. The standard InChI is InChI=1S/C21H20FN5OS/c1-3-27-20(15-6-9-23-10-7-15)24-25-21(27)29-11-8-16-13-19(28-26-16)17-12-14(2)4-5-18(17)22/h4-7,9-10,12-13H,3,8,11H2,1-2H3. The van der Waals surface area contributed by atoms with Crippen LogP contribution >= 0.6 is 11.8 Å². The number of thioether (sulfide) groups is 1. The molecule has 0 radical (unpaired) electrons. The van der Waals surface area contributed by atoms with E-state index in [2.05, 4.69) is 31.8 Å². The molecule has 0 aliphatic rings. The maximum atomic E-state index is 14.0. The van der Waals surface area contributed by atoms with Crippen LogP contribution in [0.25, 0.3) is 22.7 Å². The summed E-state index contributed by atoms with van der Waals surface area (Å²) in [6.45, 7) is 4.76. The lowest BCUT2D eigenvalue weighted by Crippen LogP contribution is -2.00. The van der Waals surface area contributed by atoms with Crippen LogP contribution in [-0.2, 0) is 13.0 Å². The highest BCUT2D eigenvalue weighted by Crippen LogP contribution is 2.27. The van der Waals surface area contributed by atoms with E-state index < -0.39 is 0 Å². The molecule has 0 aliphatic carbocycles. The number of rotatable bonds is 7. The van der Waals surface area contributed by atoms with Crippen molar-refractivity contribution in [3.05, 3.63) is 65.9 Å². The second-order valence-corrected chi connectivity index (χ2v) is 7.61. The van der Waals surface area contributed by atoms with Crippen molar-refractivity contribution in [1.82, 2.24) is 24.9 Å². The molecular weight excluding hydrogens is 389 g/mol. The molecule has 0 fully saturated rings. The molecule has 4 aromatic rings. The predicted octanol–water partition coefficient (Wildman–Crippen LogP) is 4.80. The lowest BCUT2D eigenvalue weighted by Gasteiger charge is -2.06. The van der Waals surface area contributed by atoms with Crippen LogP contribution in [0, 0.1) is 12.7 Å². The third-order valence-electron chi connectivity index (χ3n) is 4.51. The predicted molar refractivity (Wildman–Crippen MR) is 110 cm³/mol. The molecule has 4 rings (SSSR count). The van der Waals surface area contributed by atoms with Crippen LogP contribution in [0.1, 0.15) is 18.2 Å². The Morgan fingerprint density at radius 3 is 2.72 bits per heavy atom. The second-order valence-electron chi connectivity index (χ2n) is 6.55. The highest BCUT2D eigenvalue weighted by atomic mass is 32.2. The number of pyridine rings is 1. The third-order valence-corrected chi connectivity index (χ3v) is 5.48. The molecule has 3 aromatic heterocycles. The van der Waals surface area contributed by atoms with Gasteiger partial charge in [-0.1, -0.05) is 28.5 Å². The summed E-state index contributed by atoms with van der Waals surface area (Å²) in [6, 6.07) is 10.6. The van der Waals surface area contributed by atoms with E-state index in [1.165, 1.54) is 6.07 Å². The van der Waals surface area contributed by atoms with Crippen molar-refractivity contribution in [1.29, 1.82) is 0 Å². The molecule has 0 bridgehead atoms. The highest BCUT2D eigenvalue weighted by molar-refractivity contribution is 7.99. The van der Waals surface area contributed by atoms with Gasteiger partial charge in [0.15, 0.2) is 16.7 Å². The Kier molecular flexibility index (Phi) is 5.71. The van der Waals surface area contributed by atoms with Gasteiger partial charge in [0.1, 0.15) is 5.82 Å². The molecule has 1 aromatic carbocycles. The van der Waals surface area contributed by atoms with Crippen molar-refractivity contribution in [2.45, 2.75) is 32.0 Å². The first-order valence-corrected chi connectivity index (χ1v) is 10.3. The van der Waals surface area contributed by atoms with Crippen LogP contribution in [0.2, 0.25) is 0 Å². The molecule has 0 atom stereocenters. The summed E-state index contributed by atoms with van der Waals surface area (Å²) in [5.41, 5.74) is 3.18. The summed E-state index contributed by atoms with van der Waals surface area (Å²) in [6.07, 6.45) is 4.18. The fraction of sp³-hybridized carbons (Fsp3) is 0.238. The van der Waals surface area contributed by atoms with E-state index in [1.54, 1.807) is 42.4 Å². The van der Waals surface area contributed by atoms with Crippen LogP contribution in [0.5, 0.6) is 0 Å². The zero-order valence-electron chi connectivity index (χ0n) is 16.2. The summed E-state index contributed by atoms with van der Waals surface area (Å²) < 4.78 is 21.5. The van der Waals surface area contributed by atoms with Crippen LogP contribution < -0.4 is 0 Å². The van der Waals surface area contributed by atoms with E-state index in [9.17, 15) is 4.39 Å². The third kappa shape index (κ3) is 4.22. The zero-order valence-corrected chi connectivity index (χ0v) is 17.0. The molecule has 148 valence electrons. The van der Waals surface area contributed by atoms with Crippen LogP contribution in [0.4, 0.5) is 4.39 Å². The van der Waals surface area contributed by atoms with Gasteiger partial charge in [-0.25, -0.2) is 4.39 Å². The van der Waals surface area contributed by atoms with Crippen LogP contribution in [0.15, 0.2) is 58.5 Å². The van der Waals surface area contributed by atoms with E-state index in [-0.39, 0.29) is 5.82 Å². The van der Waals surface area contributed by atoms with E-state index in [4.69, 9.17) is 4.52 Å². The van der Waals surface area contributed by atoms with Crippen molar-refractivity contribution >= 4 is 11.8 Å². The number of halogens is 1. The van der Waals surface area contributed by atoms with Gasteiger partial charge in [0, 0.05) is 42.7 Å². The fourth-order valence-electron chi connectivity index (χ4n) is 3.03. The SMILES string of the molecule is CCn1c(SCCc2cc(-c3cc(C)ccc3F)on2)nnc1-c1ccncc1. The summed E-state index contributed by atoms with van der Waals surface area (Å²) in [7, 11) is 0. The molecule has 0 spiro atoms. The van der Waals surface area contributed by atoms with Gasteiger partial charge in [-0.2, -0.15) is 0 Å². The minimum absolute atomic E-state index is 0.313. The van der Waals surface area contributed by atoms with Crippen molar-refractivity contribution in [2.75, 3.05) is 5.75 Å². The summed E-state index contributed by atoms with van der Waals surface area (Å²) >= 11 is 1.61. The van der Waals surface area contributed by atoms with Crippen LogP contribution in [-0.4, -0.2) is 30.7 Å². The minimum Gasteiger partial charge on any atom is -0.356 e. The maximum absolute atomic E-state index is 14.0. The van der Waals surface area contributed by atoms with Gasteiger partial charge in [-0.3, -0.25) is 4.98 Å². The molecular formula is C21H20FN5OS. The molecule has 0 aliphatic heterocycles. The molecule has 6 nitrogen and oxygen atoms in total. The largest absolute Gasteiger partial charge is 0.356 e. The van der Waals surface area contributed by atoms with Gasteiger partial charge in [0.25, 0.3) is 0 Å². The Morgan fingerprint density at radius 1 is 1.10 bits per heavy atom. The van der Waals surface area contributed by atoms with Crippen LogP contribution in [0.3, 0.4) is 0 Å². The Bertz CT molecular complexity index is 1110. The number of hydrogen-bond donors (Lipinski definition) is 0. The average molecular weight is 409 g/mol. The lowest BCUT2D eigenvalue weighted by atomic mass is 10.1. The zero-order chi connectivity index (χ0) is 20.2. The van der Waals surface area contributed by atoms with E-state index in [0.717, 1.165) is 40.1 Å². The van der Waals surface area contributed by atoms with Gasteiger partial charge < -0.3 is 9.09 Å². The molecule has 0 amide bonds. The Hall–Kier alpha value is -3.00. The van der Waals surface area contributed by atoms with Crippen molar-refractivity contribution in [3.8, 4) is 22.7 Å². The second kappa shape index (κ2) is 8.57. The number of aryl methyl sites for hydroxylation is 2. The molecule has 0 saturated carbocycles. The summed E-state index contributed by atoms with van der Waals surface area (Å²) in [5.74, 6) is 1.72. The smallest absolute Gasteiger partial charge is 0.191 e. The number of hydrogen-bond acceptors (Lipinski definition) is 6. The first-order chi connectivity index (χ1) is 14.2. The number of nitrogens with zero attached hydrogens (tertiary/aromatic N) is 5. The molecule has 8 heteroatoms. The Labute approximate surface area is 172 Å². The van der Waals surface area contributed by atoms with Gasteiger partial charge in [-0.15, -0.1) is 10.2 Å². The van der Waals surface area contributed by atoms with Gasteiger partial charge in [0.05, 0.1) is 11.3 Å². The van der Waals surface area contributed by atoms with E-state index >= 15 is 0 Å². The van der Waals surface area contributed by atoms with Gasteiger partial charge >= 0.3 is 0 Å². The number of aromatic nitrogens is 5. The van der Waals surface area contributed by atoms with Crippen molar-refractivity contribution in [3.63, 3.8) is 0 Å². The fourth-order valence-corrected chi connectivity index (χ4v) is 3.99. The molecule has 0 saturated heterocycles. The Morgan fingerprint density at radius 2 is 1.93 bits per heavy atom.